The van der Waals surface area contributed by atoms with Gasteiger partial charge in [0.2, 0.25) is 5.91 Å². The summed E-state index contributed by atoms with van der Waals surface area (Å²) in [6, 6.07) is 10.4. The van der Waals surface area contributed by atoms with Gasteiger partial charge in [0.15, 0.2) is 5.13 Å². The van der Waals surface area contributed by atoms with E-state index in [1.54, 1.807) is 42.2 Å². The zero-order valence-corrected chi connectivity index (χ0v) is 17.7. The van der Waals surface area contributed by atoms with Crippen molar-refractivity contribution in [2.45, 2.75) is 18.8 Å². The van der Waals surface area contributed by atoms with E-state index in [1.165, 1.54) is 0 Å². The summed E-state index contributed by atoms with van der Waals surface area (Å²) >= 11 is 1.55. The van der Waals surface area contributed by atoms with Gasteiger partial charge in [0, 0.05) is 47.7 Å². The van der Waals surface area contributed by atoms with Crippen LogP contribution in [-0.2, 0) is 4.79 Å². The monoisotopic (exact) mass is 430 g/mol. The van der Waals surface area contributed by atoms with Gasteiger partial charge in [-0.25, -0.2) is 15.0 Å². The molecule has 7 nitrogen and oxygen atoms in total. The first-order chi connectivity index (χ1) is 15.3. The smallest absolute Gasteiger partial charge is 0.246 e. The Morgan fingerprint density at radius 2 is 2.26 bits per heavy atom. The first-order valence-electron chi connectivity index (χ1n) is 10.3. The van der Waals surface area contributed by atoms with Crippen molar-refractivity contribution >= 4 is 45.0 Å². The third kappa shape index (κ3) is 4.34. The van der Waals surface area contributed by atoms with Crippen LogP contribution in [0.2, 0.25) is 0 Å². The second kappa shape index (κ2) is 8.69. The zero-order chi connectivity index (χ0) is 21.0. The van der Waals surface area contributed by atoms with E-state index in [9.17, 15) is 4.79 Å². The number of aromatic amines is 1. The molecule has 1 atom stereocenters. The number of likely N-dealkylation sites (tertiary alicyclic amines) is 1. The molecule has 4 heterocycles. The number of H-pyrrole nitrogens is 1. The molecule has 1 aliphatic rings. The van der Waals surface area contributed by atoms with E-state index in [4.69, 9.17) is 4.98 Å². The van der Waals surface area contributed by atoms with Gasteiger partial charge in [-0.1, -0.05) is 24.3 Å². The Bertz CT molecular complexity index is 1200. The number of hydrogen-bond donors (Lipinski definition) is 2. The minimum absolute atomic E-state index is 0.0150. The molecule has 4 aromatic rings. The van der Waals surface area contributed by atoms with E-state index in [-0.39, 0.29) is 11.8 Å². The zero-order valence-electron chi connectivity index (χ0n) is 16.9. The van der Waals surface area contributed by atoms with Crippen LogP contribution in [0.5, 0.6) is 0 Å². The number of benzene rings is 1. The lowest BCUT2D eigenvalue weighted by atomic mass is 9.93. The average molecular weight is 431 g/mol. The number of fused-ring (bicyclic) bond motifs is 1. The van der Waals surface area contributed by atoms with Crippen molar-refractivity contribution in [3.8, 4) is 0 Å². The minimum atomic E-state index is 0.0150. The minimum Gasteiger partial charge on any atom is -0.345 e. The number of rotatable bonds is 5. The number of anilines is 2. The average Bonchev–Trinajstić information content (AvgIpc) is 3.52. The van der Waals surface area contributed by atoms with E-state index in [0.717, 1.165) is 52.5 Å². The highest BCUT2D eigenvalue weighted by Gasteiger charge is 2.25. The van der Waals surface area contributed by atoms with Crippen LogP contribution < -0.4 is 5.32 Å². The molecule has 1 aliphatic heterocycles. The number of pyridine rings is 1. The number of imidazole rings is 1. The first kappa shape index (κ1) is 19.4. The van der Waals surface area contributed by atoms with Crippen LogP contribution >= 0.6 is 11.3 Å². The number of thiazole rings is 1. The number of amides is 1. The maximum Gasteiger partial charge on any atom is 0.246 e. The summed E-state index contributed by atoms with van der Waals surface area (Å²) in [5.74, 6) is 1.02. The molecule has 0 saturated carbocycles. The van der Waals surface area contributed by atoms with Crippen molar-refractivity contribution in [2.24, 2.45) is 0 Å². The van der Waals surface area contributed by atoms with Crippen LogP contribution in [0, 0.1) is 0 Å². The fourth-order valence-electron chi connectivity index (χ4n) is 3.95. The molecule has 5 rings (SSSR count). The highest BCUT2D eigenvalue weighted by molar-refractivity contribution is 7.13. The van der Waals surface area contributed by atoms with E-state index in [1.807, 2.05) is 22.4 Å². The van der Waals surface area contributed by atoms with E-state index in [0.29, 0.717) is 6.54 Å². The molecular formula is C23H22N6OS. The lowest BCUT2D eigenvalue weighted by Crippen LogP contribution is -2.38. The third-order valence-corrected chi connectivity index (χ3v) is 6.18. The molecule has 31 heavy (non-hydrogen) atoms. The summed E-state index contributed by atoms with van der Waals surface area (Å²) in [5.41, 5.74) is 1.82. The summed E-state index contributed by atoms with van der Waals surface area (Å²) < 4.78 is 0. The Morgan fingerprint density at radius 1 is 1.32 bits per heavy atom. The van der Waals surface area contributed by atoms with E-state index < -0.39 is 0 Å². The summed E-state index contributed by atoms with van der Waals surface area (Å²) in [5, 5.41) is 8.33. The summed E-state index contributed by atoms with van der Waals surface area (Å²) in [6.07, 6.45) is 10.4. The van der Waals surface area contributed by atoms with Gasteiger partial charge in [0.1, 0.15) is 5.82 Å². The molecule has 0 spiro atoms. The SMILES string of the molecule is O=C(/C=C/c1cnc[nH]1)N1CCCC(c2cc3ccccc3c(Nc3nccs3)n2)C1. The molecule has 1 aromatic carbocycles. The maximum atomic E-state index is 12.7. The predicted molar refractivity (Wildman–Crippen MR) is 123 cm³/mol. The van der Waals surface area contributed by atoms with Gasteiger partial charge in [-0.15, -0.1) is 11.3 Å². The number of carbonyl (C=O) groups excluding carboxylic acids is 1. The molecule has 0 aliphatic carbocycles. The van der Waals surface area contributed by atoms with Crippen LogP contribution in [0.3, 0.4) is 0 Å². The Balaban J connectivity index is 1.40. The molecular weight excluding hydrogens is 408 g/mol. The van der Waals surface area contributed by atoms with Crippen LogP contribution in [0.25, 0.3) is 16.8 Å². The highest BCUT2D eigenvalue weighted by atomic mass is 32.1. The van der Waals surface area contributed by atoms with Gasteiger partial charge in [0.05, 0.1) is 18.2 Å². The van der Waals surface area contributed by atoms with Crippen LogP contribution in [0.1, 0.15) is 30.1 Å². The normalized spacial score (nSPS) is 16.8. The van der Waals surface area contributed by atoms with Gasteiger partial charge in [-0.05, 0) is 30.4 Å². The van der Waals surface area contributed by atoms with Crippen LogP contribution in [0.15, 0.2) is 60.5 Å². The number of hydrogen-bond acceptors (Lipinski definition) is 6. The molecule has 1 amide bonds. The van der Waals surface area contributed by atoms with Crippen molar-refractivity contribution in [2.75, 3.05) is 18.4 Å². The van der Waals surface area contributed by atoms with Crippen LogP contribution in [0.4, 0.5) is 10.9 Å². The first-order valence-corrected chi connectivity index (χ1v) is 11.2. The van der Waals surface area contributed by atoms with E-state index >= 15 is 0 Å². The van der Waals surface area contributed by atoms with Gasteiger partial charge < -0.3 is 15.2 Å². The predicted octanol–water partition coefficient (Wildman–Crippen LogP) is 4.58. The largest absolute Gasteiger partial charge is 0.345 e. The fourth-order valence-corrected chi connectivity index (χ4v) is 4.48. The third-order valence-electron chi connectivity index (χ3n) is 5.49. The Kier molecular flexibility index (Phi) is 5.45. The molecule has 1 fully saturated rings. The molecule has 0 bridgehead atoms. The van der Waals surface area contributed by atoms with Gasteiger partial charge in [0.25, 0.3) is 0 Å². The molecule has 156 valence electrons. The maximum absolute atomic E-state index is 12.7. The Hall–Kier alpha value is -3.52. The lowest BCUT2D eigenvalue weighted by Gasteiger charge is -2.32. The molecule has 1 unspecified atom stereocenters. The Morgan fingerprint density at radius 3 is 3.10 bits per heavy atom. The molecule has 8 heteroatoms. The topological polar surface area (TPSA) is 86.8 Å². The van der Waals surface area contributed by atoms with Gasteiger partial charge in [-0.2, -0.15) is 0 Å². The number of aromatic nitrogens is 4. The Labute approximate surface area is 183 Å². The molecule has 3 aromatic heterocycles. The summed E-state index contributed by atoms with van der Waals surface area (Å²) in [4.78, 5) is 30.9. The lowest BCUT2D eigenvalue weighted by molar-refractivity contribution is -0.127. The van der Waals surface area contributed by atoms with Crippen LogP contribution in [-0.4, -0.2) is 43.8 Å². The van der Waals surface area contributed by atoms with Crippen molar-refractivity contribution in [1.82, 2.24) is 24.8 Å². The molecule has 0 radical (unpaired) electrons. The molecule has 2 N–H and O–H groups in total. The second-order valence-corrected chi connectivity index (χ2v) is 8.44. The van der Waals surface area contributed by atoms with Crippen molar-refractivity contribution in [3.05, 3.63) is 71.9 Å². The fraction of sp³-hybridized carbons (Fsp3) is 0.217. The van der Waals surface area contributed by atoms with E-state index in [2.05, 4.69) is 38.5 Å². The van der Waals surface area contributed by atoms with Gasteiger partial charge >= 0.3 is 0 Å². The summed E-state index contributed by atoms with van der Waals surface area (Å²) in [6.45, 7) is 1.43. The molecule has 1 saturated heterocycles. The van der Waals surface area contributed by atoms with Gasteiger partial charge in [-0.3, -0.25) is 4.79 Å². The quantitative estimate of drug-likeness (QED) is 0.453. The number of nitrogens with zero attached hydrogens (tertiary/aromatic N) is 4. The second-order valence-electron chi connectivity index (χ2n) is 7.54. The standard InChI is InChI=1S/C23H22N6OS/c30-21(8-7-18-13-24-15-26-18)29-10-3-5-17(14-29)20-12-16-4-1-2-6-19(16)22(27-20)28-23-25-9-11-31-23/h1-2,4,6-9,11-13,15,17H,3,5,10,14H2,(H,24,26)(H,25,27,28)/b8-7+. The number of carbonyl (C=O) groups is 1. The van der Waals surface area contributed by atoms with Crippen molar-refractivity contribution in [1.29, 1.82) is 0 Å². The number of piperidine rings is 1. The summed E-state index contributed by atoms with van der Waals surface area (Å²) in [7, 11) is 0. The van der Waals surface area contributed by atoms with Crippen molar-refractivity contribution in [3.63, 3.8) is 0 Å². The highest BCUT2D eigenvalue weighted by Crippen LogP contribution is 2.32. The number of nitrogens with one attached hydrogen (secondary N) is 2. The van der Waals surface area contributed by atoms with Crippen molar-refractivity contribution < 1.29 is 4.79 Å².